The molecular weight excluding hydrogens is 96.1 g/mol. The van der Waals surface area contributed by atoms with E-state index in [-0.39, 0.29) is 0 Å². The van der Waals surface area contributed by atoms with Crippen LogP contribution in [0.2, 0.25) is 0 Å². The smallest absolute Gasteiger partial charge is 0.107 e. The molecule has 1 radical (unpaired) electrons. The molecule has 2 nitrogen and oxygen atoms in total. The third-order valence-electron chi connectivity index (χ3n) is 0.411. The summed E-state index contributed by atoms with van der Waals surface area (Å²) in [4.78, 5) is 0. The monoisotopic (exact) mass is 99.0 g/mol. The molecule has 1 heterocycles. The van der Waals surface area contributed by atoms with Gasteiger partial charge in [0.05, 0.1) is 0 Å². The van der Waals surface area contributed by atoms with Gasteiger partial charge < -0.3 is 5.73 Å². The first-order chi connectivity index (χ1) is 2.89. The van der Waals surface area contributed by atoms with E-state index in [2.05, 4.69) is 10.6 Å². The lowest BCUT2D eigenvalue weighted by molar-refractivity contribution is 1.56. The Morgan fingerprint density at radius 2 is 2.83 bits per heavy atom. The molecule has 0 atom stereocenters. The highest BCUT2D eigenvalue weighted by Crippen LogP contribution is 2.02. The summed E-state index contributed by atoms with van der Waals surface area (Å²) in [5.74, 6) is 0. The van der Waals surface area contributed by atoms with Crippen LogP contribution in [0.3, 0.4) is 0 Å². The van der Waals surface area contributed by atoms with Crippen molar-refractivity contribution >= 4 is 16.5 Å². The van der Waals surface area contributed by atoms with Gasteiger partial charge in [-0.05, 0) is 11.5 Å². The summed E-state index contributed by atoms with van der Waals surface area (Å²) in [6.07, 6.45) is 2.57. The first kappa shape index (κ1) is 3.61. The summed E-state index contributed by atoms with van der Waals surface area (Å²) in [6.45, 7) is 0. The van der Waals surface area contributed by atoms with Gasteiger partial charge in [-0.3, -0.25) is 0 Å². The van der Waals surface area contributed by atoms with Gasteiger partial charge in [0, 0.05) is 6.07 Å². The first-order valence-corrected chi connectivity index (χ1v) is 2.25. The summed E-state index contributed by atoms with van der Waals surface area (Å²) in [5, 5.41) is 0.718. The Hall–Kier alpha value is -0.570. The Morgan fingerprint density at radius 3 is 3.00 bits per heavy atom. The Balaban J connectivity index is 3.05. The summed E-state index contributed by atoms with van der Waals surface area (Å²) in [5.41, 5.74) is 5.20. The highest BCUT2D eigenvalue weighted by molar-refractivity contribution is 7.09. The maximum atomic E-state index is 5.20. The van der Waals surface area contributed by atoms with E-state index in [4.69, 9.17) is 5.73 Å². The summed E-state index contributed by atoms with van der Waals surface area (Å²) >= 11 is 1.25. The van der Waals surface area contributed by atoms with E-state index in [0.29, 0.717) is 0 Å². The van der Waals surface area contributed by atoms with Gasteiger partial charge in [-0.25, -0.2) is 0 Å². The van der Waals surface area contributed by atoms with Crippen molar-refractivity contribution in [2.75, 3.05) is 5.73 Å². The fraction of sp³-hybridized carbons (Fsp3) is 0. The van der Waals surface area contributed by atoms with Crippen molar-refractivity contribution in [2.45, 2.75) is 0 Å². The second-order valence-corrected chi connectivity index (χ2v) is 1.69. The molecule has 0 saturated heterocycles. The Labute approximate surface area is 39.8 Å². The molecule has 0 bridgehead atoms. The van der Waals surface area contributed by atoms with Crippen molar-refractivity contribution in [3.8, 4) is 0 Å². The minimum Gasteiger partial charge on any atom is -0.389 e. The van der Waals surface area contributed by atoms with E-state index in [1.165, 1.54) is 11.5 Å². The van der Waals surface area contributed by atoms with Gasteiger partial charge in [0.1, 0.15) is 11.2 Å². The molecule has 1 rings (SSSR count). The number of aromatic nitrogens is 1. The van der Waals surface area contributed by atoms with Crippen LogP contribution in [0.25, 0.3) is 0 Å². The maximum absolute atomic E-state index is 5.20. The molecule has 1 aromatic heterocycles. The zero-order chi connectivity index (χ0) is 4.41. The standard InChI is InChI=1S/C3H3N2S/c4-3-1-2-5-6-3/h1H,4H2. The first-order valence-electron chi connectivity index (χ1n) is 1.48. The second kappa shape index (κ2) is 1.26. The van der Waals surface area contributed by atoms with E-state index in [1.54, 1.807) is 6.07 Å². The number of hydrogen-bond acceptors (Lipinski definition) is 3. The highest BCUT2D eigenvalue weighted by atomic mass is 32.1. The molecular formula is C3H3N2S. The lowest BCUT2D eigenvalue weighted by Crippen LogP contribution is -1.72. The lowest BCUT2D eigenvalue weighted by atomic mass is 10.7. The number of anilines is 1. The average Bonchev–Trinajstić information content (AvgIpc) is 1.86. The number of nitrogens with two attached hydrogens (primary N) is 1. The molecule has 0 amide bonds. The predicted octanol–water partition coefficient (Wildman–Crippen LogP) is 0.525. The van der Waals surface area contributed by atoms with Gasteiger partial charge in [-0.15, -0.1) is 0 Å². The molecule has 31 valence electrons. The molecule has 0 saturated carbocycles. The van der Waals surface area contributed by atoms with Gasteiger partial charge in [0.25, 0.3) is 0 Å². The van der Waals surface area contributed by atoms with Crippen LogP contribution in [-0.2, 0) is 0 Å². The molecule has 0 aliphatic carbocycles. The summed E-state index contributed by atoms with van der Waals surface area (Å²) in [6, 6.07) is 1.64. The summed E-state index contributed by atoms with van der Waals surface area (Å²) in [7, 11) is 0. The number of nitrogen functional groups attached to an aromatic ring is 1. The quantitative estimate of drug-likeness (QED) is 0.515. The molecule has 0 aliphatic heterocycles. The van der Waals surface area contributed by atoms with Crippen molar-refractivity contribution in [1.82, 2.24) is 4.37 Å². The SMILES string of the molecule is Nc1c[c]ns1. The van der Waals surface area contributed by atoms with Crippen LogP contribution in [0.4, 0.5) is 5.00 Å². The van der Waals surface area contributed by atoms with Crippen LogP contribution in [0.15, 0.2) is 6.07 Å². The minimum atomic E-state index is 0.718. The molecule has 0 fully saturated rings. The average molecular weight is 99.1 g/mol. The van der Waals surface area contributed by atoms with Crippen LogP contribution < -0.4 is 5.73 Å². The maximum Gasteiger partial charge on any atom is 0.107 e. The van der Waals surface area contributed by atoms with Gasteiger partial charge in [0.15, 0.2) is 0 Å². The normalized spacial score (nSPS) is 8.67. The van der Waals surface area contributed by atoms with Crippen molar-refractivity contribution in [3.63, 3.8) is 0 Å². The van der Waals surface area contributed by atoms with E-state index >= 15 is 0 Å². The molecule has 0 unspecified atom stereocenters. The Morgan fingerprint density at radius 1 is 2.00 bits per heavy atom. The van der Waals surface area contributed by atoms with Crippen LogP contribution in [0, 0.1) is 6.20 Å². The van der Waals surface area contributed by atoms with Crippen molar-refractivity contribution in [3.05, 3.63) is 12.3 Å². The van der Waals surface area contributed by atoms with E-state index < -0.39 is 0 Å². The van der Waals surface area contributed by atoms with Gasteiger partial charge in [-0.2, -0.15) is 4.37 Å². The molecule has 0 aromatic carbocycles. The number of hydrogen-bond donors (Lipinski definition) is 1. The molecule has 0 aliphatic rings. The van der Waals surface area contributed by atoms with Crippen LogP contribution in [0.5, 0.6) is 0 Å². The zero-order valence-electron chi connectivity index (χ0n) is 3.01. The van der Waals surface area contributed by atoms with Gasteiger partial charge >= 0.3 is 0 Å². The van der Waals surface area contributed by atoms with E-state index in [9.17, 15) is 0 Å². The van der Waals surface area contributed by atoms with Crippen molar-refractivity contribution in [2.24, 2.45) is 0 Å². The molecule has 3 heteroatoms. The second-order valence-electron chi connectivity index (χ2n) is 0.858. The van der Waals surface area contributed by atoms with Crippen LogP contribution >= 0.6 is 11.5 Å². The molecule has 2 N–H and O–H groups in total. The predicted molar refractivity (Wildman–Crippen MR) is 25.4 cm³/mol. The Kier molecular flexibility index (Phi) is 0.759. The van der Waals surface area contributed by atoms with Crippen LogP contribution in [-0.4, -0.2) is 4.37 Å². The minimum absolute atomic E-state index is 0.718. The lowest BCUT2D eigenvalue weighted by Gasteiger charge is -1.66. The fourth-order valence-electron chi connectivity index (χ4n) is 0.195. The molecule has 1 aromatic rings. The number of rotatable bonds is 0. The van der Waals surface area contributed by atoms with E-state index in [1.807, 2.05) is 0 Å². The number of nitrogens with zero attached hydrogens (tertiary/aromatic N) is 1. The zero-order valence-corrected chi connectivity index (χ0v) is 3.83. The van der Waals surface area contributed by atoms with Gasteiger partial charge in [-0.1, -0.05) is 0 Å². The summed E-state index contributed by atoms with van der Waals surface area (Å²) < 4.78 is 3.61. The third kappa shape index (κ3) is 0.490. The fourth-order valence-corrected chi connectivity index (χ4v) is 0.512. The highest BCUT2D eigenvalue weighted by Gasteiger charge is 1.78. The van der Waals surface area contributed by atoms with Crippen LogP contribution in [0.1, 0.15) is 0 Å². The Bertz CT molecular complexity index is 112. The third-order valence-corrected chi connectivity index (χ3v) is 0.936. The van der Waals surface area contributed by atoms with Crippen molar-refractivity contribution in [1.29, 1.82) is 0 Å². The largest absolute Gasteiger partial charge is 0.389 e. The van der Waals surface area contributed by atoms with Crippen molar-refractivity contribution < 1.29 is 0 Å². The van der Waals surface area contributed by atoms with E-state index in [0.717, 1.165) is 5.00 Å². The van der Waals surface area contributed by atoms with Gasteiger partial charge in [0.2, 0.25) is 0 Å². The molecule has 0 spiro atoms. The molecule has 6 heavy (non-hydrogen) atoms. The topological polar surface area (TPSA) is 38.9 Å².